The second-order valence-electron chi connectivity index (χ2n) is 8.06. The number of esters is 1. The van der Waals surface area contributed by atoms with Crippen LogP contribution in [0.1, 0.15) is 46.0 Å². The van der Waals surface area contributed by atoms with Crippen molar-refractivity contribution in [2.24, 2.45) is 0 Å². The van der Waals surface area contributed by atoms with Gasteiger partial charge in [-0.2, -0.15) is 0 Å². The van der Waals surface area contributed by atoms with E-state index in [-0.39, 0.29) is 23.9 Å². The van der Waals surface area contributed by atoms with Crippen LogP contribution in [0.3, 0.4) is 0 Å². The molecule has 2 aliphatic heterocycles. The second-order valence-corrected chi connectivity index (χ2v) is 9.67. The number of para-hydroxylation sites is 1. The number of likely N-dealkylation sites (tertiary alicyclic amines) is 2. The van der Waals surface area contributed by atoms with Gasteiger partial charge in [-0.15, -0.1) is 0 Å². The normalized spacial score (nSPS) is 22.5. The summed E-state index contributed by atoms with van der Waals surface area (Å²) in [5.41, 5.74) is 0.779. The summed E-state index contributed by atoms with van der Waals surface area (Å²) in [5, 5.41) is 2.90. The Labute approximate surface area is 188 Å². The summed E-state index contributed by atoms with van der Waals surface area (Å²) < 4.78 is 6.42. The Morgan fingerprint density at radius 1 is 1.10 bits per heavy atom. The molecule has 3 rings (SSSR count). The third kappa shape index (κ3) is 6.35. The quantitative estimate of drug-likeness (QED) is 0.539. The summed E-state index contributed by atoms with van der Waals surface area (Å²) in [5.74, 6) is 0.00980. The van der Waals surface area contributed by atoms with E-state index in [0.29, 0.717) is 38.0 Å². The van der Waals surface area contributed by atoms with Crippen LogP contribution in [-0.4, -0.2) is 63.2 Å². The lowest BCUT2D eigenvalue weighted by Crippen LogP contribution is -2.46. The number of amides is 2. The van der Waals surface area contributed by atoms with Crippen molar-refractivity contribution in [3.8, 4) is 0 Å². The SMILES string of the molecule is CC1CCCC(C)N1C(=S)SCC(=O)OC1CCN(C(=O)Nc2ccccc2)CC1. The maximum Gasteiger partial charge on any atom is 0.321 e. The van der Waals surface area contributed by atoms with E-state index >= 15 is 0 Å². The monoisotopic (exact) mass is 449 g/mol. The molecule has 2 fully saturated rings. The minimum atomic E-state index is -0.230. The largest absolute Gasteiger partial charge is 0.462 e. The zero-order valence-electron chi connectivity index (χ0n) is 17.7. The molecule has 0 aromatic heterocycles. The molecule has 8 heteroatoms. The average Bonchev–Trinajstić information content (AvgIpc) is 2.73. The fourth-order valence-corrected chi connectivity index (χ4v) is 5.45. The van der Waals surface area contributed by atoms with Gasteiger partial charge in [0.05, 0.1) is 5.75 Å². The molecule has 2 heterocycles. The number of carbonyl (C=O) groups is 2. The number of carbonyl (C=O) groups excluding carboxylic acids is 2. The lowest BCUT2D eigenvalue weighted by atomic mass is 9.99. The van der Waals surface area contributed by atoms with Crippen molar-refractivity contribution in [3.63, 3.8) is 0 Å². The van der Waals surface area contributed by atoms with Gasteiger partial charge in [-0.25, -0.2) is 4.79 Å². The summed E-state index contributed by atoms with van der Waals surface area (Å²) in [6, 6.07) is 10.1. The molecular formula is C22H31N3O3S2. The average molecular weight is 450 g/mol. The van der Waals surface area contributed by atoms with E-state index in [1.807, 2.05) is 30.3 Å². The number of urea groups is 1. The van der Waals surface area contributed by atoms with E-state index in [9.17, 15) is 9.59 Å². The maximum absolute atomic E-state index is 12.4. The number of nitrogens with zero attached hydrogens (tertiary/aromatic N) is 2. The van der Waals surface area contributed by atoms with Crippen LogP contribution < -0.4 is 5.32 Å². The van der Waals surface area contributed by atoms with E-state index in [1.165, 1.54) is 18.2 Å². The van der Waals surface area contributed by atoms with E-state index < -0.39 is 0 Å². The van der Waals surface area contributed by atoms with E-state index in [4.69, 9.17) is 17.0 Å². The molecule has 164 valence electrons. The predicted molar refractivity (Wildman–Crippen MR) is 126 cm³/mol. The van der Waals surface area contributed by atoms with Crippen molar-refractivity contribution in [2.75, 3.05) is 24.2 Å². The summed E-state index contributed by atoms with van der Waals surface area (Å²) >= 11 is 6.98. The molecular weight excluding hydrogens is 418 g/mol. The van der Waals surface area contributed by atoms with Gasteiger partial charge in [-0.1, -0.05) is 42.2 Å². The summed E-state index contributed by atoms with van der Waals surface area (Å²) in [7, 11) is 0. The van der Waals surface area contributed by atoms with Gasteiger partial charge in [0.15, 0.2) is 0 Å². The number of ether oxygens (including phenoxy) is 1. The van der Waals surface area contributed by atoms with Crippen molar-refractivity contribution in [1.29, 1.82) is 0 Å². The lowest BCUT2D eigenvalue weighted by molar-refractivity contribution is -0.147. The topological polar surface area (TPSA) is 61.9 Å². The molecule has 0 spiro atoms. The molecule has 2 atom stereocenters. The van der Waals surface area contributed by atoms with E-state index in [1.54, 1.807) is 4.90 Å². The Bertz CT molecular complexity index is 728. The Morgan fingerprint density at radius 3 is 2.37 bits per heavy atom. The summed E-state index contributed by atoms with van der Waals surface area (Å²) in [6.07, 6.45) is 4.70. The highest BCUT2D eigenvalue weighted by molar-refractivity contribution is 8.23. The molecule has 1 aromatic carbocycles. The Kier molecular flexibility index (Phi) is 8.39. The molecule has 2 unspecified atom stereocenters. The number of rotatable bonds is 4. The zero-order valence-corrected chi connectivity index (χ0v) is 19.3. The first-order chi connectivity index (χ1) is 14.4. The van der Waals surface area contributed by atoms with Crippen molar-refractivity contribution in [2.45, 2.75) is 64.1 Å². The van der Waals surface area contributed by atoms with Crippen LogP contribution in [0.25, 0.3) is 0 Å². The van der Waals surface area contributed by atoms with Gasteiger partial charge >= 0.3 is 12.0 Å². The third-order valence-corrected chi connectivity index (χ3v) is 7.17. The first-order valence-electron chi connectivity index (χ1n) is 10.7. The van der Waals surface area contributed by atoms with Gasteiger partial charge in [0.2, 0.25) is 0 Å². The van der Waals surface area contributed by atoms with Crippen molar-refractivity contribution >= 4 is 46.0 Å². The fraction of sp³-hybridized carbons (Fsp3) is 0.591. The number of hydrogen-bond donors (Lipinski definition) is 1. The molecule has 0 radical (unpaired) electrons. The van der Waals surface area contributed by atoms with Gasteiger partial charge in [0.1, 0.15) is 10.4 Å². The van der Waals surface area contributed by atoms with Gasteiger partial charge in [-0.05, 0) is 45.2 Å². The second kappa shape index (κ2) is 11.0. The first-order valence-corrected chi connectivity index (χ1v) is 12.1. The van der Waals surface area contributed by atoms with Gasteiger partial charge < -0.3 is 19.9 Å². The number of thioether (sulfide) groups is 1. The molecule has 1 aromatic rings. The number of piperidine rings is 2. The van der Waals surface area contributed by atoms with Crippen LogP contribution in [0.2, 0.25) is 0 Å². The van der Waals surface area contributed by atoms with Crippen molar-refractivity contribution in [3.05, 3.63) is 30.3 Å². The highest BCUT2D eigenvalue weighted by Crippen LogP contribution is 2.26. The van der Waals surface area contributed by atoms with Gasteiger partial charge in [-0.3, -0.25) is 4.79 Å². The molecule has 0 aliphatic carbocycles. The fourth-order valence-electron chi connectivity index (χ4n) is 4.10. The summed E-state index contributed by atoms with van der Waals surface area (Å²) in [6.45, 7) is 5.54. The molecule has 1 N–H and O–H groups in total. The highest BCUT2D eigenvalue weighted by atomic mass is 32.2. The van der Waals surface area contributed by atoms with E-state index in [2.05, 4.69) is 24.1 Å². The van der Waals surface area contributed by atoms with Gasteiger partial charge in [0, 0.05) is 43.7 Å². The van der Waals surface area contributed by atoms with E-state index in [0.717, 1.165) is 22.8 Å². The number of anilines is 1. The van der Waals surface area contributed by atoms with Gasteiger partial charge in [0.25, 0.3) is 0 Å². The molecule has 2 amide bonds. The smallest absolute Gasteiger partial charge is 0.321 e. The third-order valence-electron chi connectivity index (χ3n) is 5.77. The molecule has 6 nitrogen and oxygen atoms in total. The van der Waals surface area contributed by atoms with Crippen LogP contribution in [0.4, 0.5) is 10.5 Å². The molecule has 0 saturated carbocycles. The van der Waals surface area contributed by atoms with Crippen LogP contribution in [0.15, 0.2) is 30.3 Å². The Hall–Kier alpha value is -1.80. The van der Waals surface area contributed by atoms with Crippen molar-refractivity contribution < 1.29 is 14.3 Å². The van der Waals surface area contributed by atoms with Crippen LogP contribution in [0, 0.1) is 0 Å². The lowest BCUT2D eigenvalue weighted by Gasteiger charge is -2.40. The Morgan fingerprint density at radius 2 is 1.73 bits per heavy atom. The standard InChI is InChI=1S/C22H31N3O3S2/c1-16-7-6-8-17(2)25(16)22(29)30-15-20(26)28-19-11-13-24(14-12-19)21(27)23-18-9-4-3-5-10-18/h3-5,9-10,16-17,19H,6-8,11-15H2,1-2H3,(H,23,27). The molecule has 0 bridgehead atoms. The number of thiocarbonyl (C=S) groups is 1. The highest BCUT2D eigenvalue weighted by Gasteiger charge is 2.28. The minimum Gasteiger partial charge on any atom is -0.462 e. The summed E-state index contributed by atoms with van der Waals surface area (Å²) in [4.78, 5) is 28.7. The minimum absolute atomic E-state index is 0.114. The van der Waals surface area contributed by atoms with Crippen LogP contribution >= 0.6 is 24.0 Å². The zero-order chi connectivity index (χ0) is 21.5. The number of nitrogens with one attached hydrogen (secondary N) is 1. The molecule has 30 heavy (non-hydrogen) atoms. The van der Waals surface area contributed by atoms with Crippen LogP contribution in [-0.2, 0) is 9.53 Å². The van der Waals surface area contributed by atoms with Crippen molar-refractivity contribution in [1.82, 2.24) is 9.80 Å². The molecule has 2 saturated heterocycles. The van der Waals surface area contributed by atoms with Crippen LogP contribution in [0.5, 0.6) is 0 Å². The number of benzene rings is 1. The predicted octanol–water partition coefficient (Wildman–Crippen LogP) is 4.51. The first kappa shape index (κ1) is 22.9. The molecule has 2 aliphatic rings. The maximum atomic E-state index is 12.4. The number of hydrogen-bond acceptors (Lipinski definition) is 5. The Balaban J connectivity index is 1.37.